The smallest absolute Gasteiger partial charge is 0.337 e. The number of aromatic nitrogens is 1. The topological polar surface area (TPSA) is 89.2 Å². The predicted molar refractivity (Wildman–Crippen MR) is 126 cm³/mol. The van der Waals surface area contributed by atoms with Crippen LogP contribution in [0.2, 0.25) is 0 Å². The van der Waals surface area contributed by atoms with Crippen LogP contribution in [0, 0.1) is 13.8 Å². The van der Waals surface area contributed by atoms with Gasteiger partial charge in [0.1, 0.15) is 5.76 Å². The Morgan fingerprint density at radius 1 is 1.09 bits per heavy atom. The number of ether oxygens (including phenoxy) is 2. The Labute approximate surface area is 193 Å². The zero-order valence-electron chi connectivity index (χ0n) is 19.7. The van der Waals surface area contributed by atoms with Crippen LogP contribution in [0.4, 0.5) is 4.79 Å². The van der Waals surface area contributed by atoms with Gasteiger partial charge in [-0.2, -0.15) is 5.10 Å². The van der Waals surface area contributed by atoms with Crippen LogP contribution >= 0.6 is 0 Å². The van der Waals surface area contributed by atoms with E-state index in [-0.39, 0.29) is 12.1 Å². The highest BCUT2D eigenvalue weighted by atomic mass is 16.5. The lowest BCUT2D eigenvalue weighted by molar-refractivity contribution is 0.184. The fourth-order valence-corrected chi connectivity index (χ4v) is 4.24. The van der Waals surface area contributed by atoms with Crippen LogP contribution in [0.5, 0.6) is 11.5 Å². The summed E-state index contributed by atoms with van der Waals surface area (Å²) < 4.78 is 16.4. The van der Waals surface area contributed by atoms with Crippen LogP contribution in [0.3, 0.4) is 0 Å². The molecule has 1 aliphatic rings. The third-order valence-electron chi connectivity index (χ3n) is 5.91. The van der Waals surface area contributed by atoms with E-state index >= 15 is 0 Å². The predicted octanol–water partition coefficient (Wildman–Crippen LogP) is 4.31. The number of fused-ring (bicyclic) bond motifs is 1. The molecule has 1 N–H and O–H groups in total. The number of amides is 2. The zero-order valence-corrected chi connectivity index (χ0v) is 19.7. The number of carbonyl (C=O) groups is 1. The van der Waals surface area contributed by atoms with Gasteiger partial charge in [-0.1, -0.05) is 29.4 Å². The van der Waals surface area contributed by atoms with Crippen LogP contribution in [-0.2, 0) is 6.42 Å². The molecule has 0 saturated heterocycles. The first-order valence-electron chi connectivity index (χ1n) is 10.8. The summed E-state index contributed by atoms with van der Waals surface area (Å²) in [6, 6.07) is 11.5. The number of urea groups is 1. The van der Waals surface area contributed by atoms with E-state index in [1.54, 1.807) is 21.3 Å². The van der Waals surface area contributed by atoms with Crippen molar-refractivity contribution < 1.29 is 18.8 Å². The van der Waals surface area contributed by atoms with Crippen molar-refractivity contribution in [2.45, 2.75) is 33.2 Å². The highest BCUT2D eigenvalue weighted by Gasteiger charge is 2.28. The van der Waals surface area contributed by atoms with Gasteiger partial charge in [0.25, 0.3) is 0 Å². The summed E-state index contributed by atoms with van der Waals surface area (Å²) in [6.45, 7) is 5.80. The van der Waals surface area contributed by atoms with Gasteiger partial charge >= 0.3 is 6.03 Å². The average molecular weight is 449 g/mol. The Kier molecular flexibility index (Phi) is 6.09. The molecule has 3 aromatic rings. The molecule has 8 nitrogen and oxygen atoms in total. The molecular weight excluding hydrogens is 420 g/mol. The minimum Gasteiger partial charge on any atom is -0.493 e. The van der Waals surface area contributed by atoms with Gasteiger partial charge in [-0.15, -0.1) is 0 Å². The maximum Gasteiger partial charge on any atom is 0.337 e. The summed E-state index contributed by atoms with van der Waals surface area (Å²) in [5.41, 5.74) is 6.32. The molecule has 1 aromatic heterocycles. The Hall–Kier alpha value is -3.81. The van der Waals surface area contributed by atoms with Crippen molar-refractivity contribution in [2.75, 3.05) is 21.3 Å². The molecule has 2 amide bonds. The number of hydrogen-bond acceptors (Lipinski definition) is 6. The molecule has 0 radical (unpaired) electrons. The summed E-state index contributed by atoms with van der Waals surface area (Å²) >= 11 is 0. The van der Waals surface area contributed by atoms with E-state index in [0.717, 1.165) is 39.3 Å². The Balaban J connectivity index is 1.87. The largest absolute Gasteiger partial charge is 0.493 e. The van der Waals surface area contributed by atoms with Crippen molar-refractivity contribution in [3.8, 4) is 22.6 Å². The van der Waals surface area contributed by atoms with Crippen LogP contribution < -0.4 is 14.8 Å². The van der Waals surface area contributed by atoms with E-state index in [1.165, 1.54) is 5.01 Å². The van der Waals surface area contributed by atoms with E-state index in [0.29, 0.717) is 23.6 Å². The van der Waals surface area contributed by atoms with E-state index in [4.69, 9.17) is 19.1 Å². The normalized spacial score (nSPS) is 15.4. The van der Waals surface area contributed by atoms with Crippen molar-refractivity contribution >= 4 is 11.7 Å². The molecule has 172 valence electrons. The first-order valence-corrected chi connectivity index (χ1v) is 10.8. The van der Waals surface area contributed by atoms with E-state index in [1.807, 2.05) is 57.2 Å². The van der Waals surface area contributed by atoms with E-state index in [9.17, 15) is 4.79 Å². The summed E-state index contributed by atoms with van der Waals surface area (Å²) in [5.74, 6) is 2.02. The van der Waals surface area contributed by atoms with Crippen LogP contribution in [-0.4, -0.2) is 49.2 Å². The molecule has 33 heavy (non-hydrogen) atoms. The van der Waals surface area contributed by atoms with Crippen molar-refractivity contribution in [3.63, 3.8) is 0 Å². The summed E-state index contributed by atoms with van der Waals surface area (Å²) in [5, 5.41) is 13.0. The molecule has 0 aliphatic carbocycles. The maximum absolute atomic E-state index is 12.6. The molecular formula is C25H28N4O4. The highest BCUT2D eigenvalue weighted by Crippen LogP contribution is 2.35. The van der Waals surface area contributed by atoms with Crippen LogP contribution in [0.15, 0.2) is 46.0 Å². The number of methoxy groups -OCH3 is 2. The third-order valence-corrected chi connectivity index (χ3v) is 5.91. The number of hydrazone groups is 1. The molecule has 0 bridgehead atoms. The fourth-order valence-electron chi connectivity index (χ4n) is 4.24. The molecule has 2 heterocycles. The third kappa shape index (κ3) is 4.04. The molecule has 8 heteroatoms. The summed E-state index contributed by atoms with van der Waals surface area (Å²) in [6.07, 6.45) is 0.618. The molecule has 1 atom stereocenters. The molecule has 0 spiro atoms. The second-order valence-electron chi connectivity index (χ2n) is 8.04. The van der Waals surface area contributed by atoms with E-state index in [2.05, 4.69) is 10.5 Å². The quantitative estimate of drug-likeness (QED) is 0.642. The first kappa shape index (κ1) is 22.4. The number of aryl methyl sites for hydroxylation is 2. The maximum atomic E-state index is 12.6. The van der Waals surface area contributed by atoms with Crippen molar-refractivity contribution in [1.82, 2.24) is 15.5 Å². The minimum absolute atomic E-state index is 0.152. The standard InChI is InChI=1S/C25H28N4O4/c1-14-11-19-12-21(31-5)22(32-6)13-20(19)24(27-29(14)25(30)26-4)18-9-7-17(8-10-18)23-15(2)28-33-16(23)3/h7-10,12-14H,11H2,1-6H3,(H,26,30)/t14-/m1/s1. The number of benzene rings is 2. The molecule has 0 saturated carbocycles. The zero-order chi connectivity index (χ0) is 23.7. The summed E-state index contributed by atoms with van der Waals surface area (Å²) in [7, 11) is 4.83. The molecule has 2 aromatic carbocycles. The van der Waals surface area contributed by atoms with Gasteiger partial charge < -0.3 is 19.3 Å². The Bertz CT molecular complexity index is 1190. The van der Waals surface area contributed by atoms with Gasteiger partial charge in [-0.05, 0) is 50.5 Å². The summed E-state index contributed by atoms with van der Waals surface area (Å²) in [4.78, 5) is 12.6. The van der Waals surface area contributed by atoms with Crippen molar-refractivity contribution in [2.24, 2.45) is 5.10 Å². The number of hydrogen-bond donors (Lipinski definition) is 1. The average Bonchev–Trinajstić information content (AvgIpc) is 3.09. The molecule has 0 fully saturated rings. The number of carbonyl (C=O) groups excluding carboxylic acids is 1. The van der Waals surface area contributed by atoms with Crippen LogP contribution in [0.1, 0.15) is 35.1 Å². The second-order valence-corrected chi connectivity index (χ2v) is 8.04. The van der Waals surface area contributed by atoms with Gasteiger partial charge in [0.05, 0.1) is 31.7 Å². The van der Waals surface area contributed by atoms with Crippen LogP contribution in [0.25, 0.3) is 11.1 Å². The van der Waals surface area contributed by atoms with Gasteiger partial charge in [0.2, 0.25) is 0 Å². The first-order chi connectivity index (χ1) is 15.9. The molecule has 4 rings (SSSR count). The SMILES string of the molecule is CNC(=O)N1N=C(c2ccc(-c3c(C)noc3C)cc2)c2cc(OC)c(OC)cc2C[C@H]1C. The van der Waals surface area contributed by atoms with Gasteiger partial charge in [-0.3, -0.25) is 0 Å². The highest BCUT2D eigenvalue weighted by molar-refractivity contribution is 6.14. The lowest BCUT2D eigenvalue weighted by Gasteiger charge is -2.22. The van der Waals surface area contributed by atoms with Crippen molar-refractivity contribution in [3.05, 3.63) is 64.5 Å². The molecule has 1 aliphatic heterocycles. The lowest BCUT2D eigenvalue weighted by Crippen LogP contribution is -2.41. The van der Waals surface area contributed by atoms with Gasteiger partial charge in [-0.25, -0.2) is 9.80 Å². The van der Waals surface area contributed by atoms with Gasteiger partial charge in [0, 0.05) is 23.7 Å². The fraction of sp³-hybridized carbons (Fsp3) is 0.320. The lowest BCUT2D eigenvalue weighted by atomic mass is 9.93. The molecule has 0 unspecified atom stereocenters. The Morgan fingerprint density at radius 3 is 2.30 bits per heavy atom. The number of rotatable bonds is 4. The minimum atomic E-state index is -0.265. The number of nitrogens with one attached hydrogen (secondary N) is 1. The van der Waals surface area contributed by atoms with Crippen molar-refractivity contribution in [1.29, 1.82) is 0 Å². The Morgan fingerprint density at radius 2 is 1.73 bits per heavy atom. The second kappa shape index (κ2) is 8.97. The monoisotopic (exact) mass is 448 g/mol. The van der Waals surface area contributed by atoms with Gasteiger partial charge in [0.15, 0.2) is 11.5 Å². The van der Waals surface area contributed by atoms with E-state index < -0.39 is 0 Å². The number of nitrogens with zero attached hydrogens (tertiary/aromatic N) is 3.